The number of nitrogens with zero attached hydrogens (tertiary/aromatic N) is 3. The Hall–Kier alpha value is -1.43. The monoisotopic (exact) mass is 224 g/mol. The molecular weight excluding hydrogens is 208 g/mol. The van der Waals surface area contributed by atoms with Gasteiger partial charge in [-0.1, -0.05) is 0 Å². The Kier molecular flexibility index (Phi) is 3.19. The van der Waals surface area contributed by atoms with Gasteiger partial charge in [-0.3, -0.25) is 9.89 Å². The summed E-state index contributed by atoms with van der Waals surface area (Å²) in [4.78, 5) is 17.0. The van der Waals surface area contributed by atoms with Gasteiger partial charge in [0.1, 0.15) is 12.2 Å². The minimum absolute atomic E-state index is 0.0156. The lowest BCUT2D eigenvalue weighted by molar-refractivity contribution is -0.129. The second-order valence-electron chi connectivity index (χ2n) is 4.07. The quantitative estimate of drug-likeness (QED) is 0.793. The normalized spacial score (nSPS) is 24.6. The van der Waals surface area contributed by atoms with E-state index in [-0.39, 0.29) is 17.9 Å². The maximum Gasteiger partial charge on any atom is 0.219 e. The van der Waals surface area contributed by atoms with Crippen molar-refractivity contribution >= 4 is 5.91 Å². The Bertz CT molecular complexity index is 352. The summed E-state index contributed by atoms with van der Waals surface area (Å²) in [6, 6.07) is 0. The molecule has 1 aliphatic heterocycles. The highest BCUT2D eigenvalue weighted by Gasteiger charge is 2.32. The standard InChI is InChI=1S/C10H16N4O2/c1-7(15)14(2)5-9-8(3-4-16-9)10-11-6-12-13-10/h6,8-9H,3-5H2,1-2H3,(H,11,12,13)/t8-,9-/m0/s1. The van der Waals surface area contributed by atoms with E-state index in [2.05, 4.69) is 15.2 Å². The first-order chi connectivity index (χ1) is 7.68. The number of carbonyl (C=O) groups excluding carboxylic acids is 1. The zero-order valence-corrected chi connectivity index (χ0v) is 9.51. The number of hydrogen-bond donors (Lipinski definition) is 1. The van der Waals surface area contributed by atoms with Crippen LogP contribution in [0.15, 0.2) is 6.33 Å². The first kappa shape index (κ1) is 11.1. The molecule has 0 aliphatic carbocycles. The number of nitrogens with one attached hydrogen (secondary N) is 1. The number of hydrogen-bond acceptors (Lipinski definition) is 4. The third-order valence-electron chi connectivity index (χ3n) is 2.99. The van der Waals surface area contributed by atoms with Gasteiger partial charge >= 0.3 is 0 Å². The number of likely N-dealkylation sites (N-methyl/N-ethyl adjacent to an activating group) is 1. The largest absolute Gasteiger partial charge is 0.376 e. The van der Waals surface area contributed by atoms with Gasteiger partial charge in [0.2, 0.25) is 5.91 Å². The number of aromatic nitrogens is 3. The van der Waals surface area contributed by atoms with E-state index in [0.29, 0.717) is 13.2 Å². The van der Waals surface area contributed by atoms with Gasteiger partial charge in [-0.2, -0.15) is 5.10 Å². The van der Waals surface area contributed by atoms with Crippen LogP contribution in [0.3, 0.4) is 0 Å². The van der Waals surface area contributed by atoms with E-state index in [1.807, 2.05) is 0 Å². The summed E-state index contributed by atoms with van der Waals surface area (Å²) >= 11 is 0. The van der Waals surface area contributed by atoms with Crippen molar-refractivity contribution in [2.24, 2.45) is 0 Å². The molecule has 0 saturated carbocycles. The molecule has 0 aromatic carbocycles. The third kappa shape index (κ3) is 2.21. The summed E-state index contributed by atoms with van der Waals surface area (Å²) in [7, 11) is 1.78. The molecule has 0 unspecified atom stereocenters. The SMILES string of the molecule is CC(=O)N(C)C[C@@H]1OCC[C@@H]1c1ncn[nH]1. The molecule has 6 heteroatoms. The highest BCUT2D eigenvalue weighted by atomic mass is 16.5. The summed E-state index contributed by atoms with van der Waals surface area (Å²) in [6.45, 7) is 2.86. The van der Waals surface area contributed by atoms with Crippen LogP contribution in [0.1, 0.15) is 25.1 Å². The second kappa shape index (κ2) is 4.61. The highest BCUT2D eigenvalue weighted by Crippen LogP contribution is 2.29. The molecule has 1 aromatic rings. The van der Waals surface area contributed by atoms with Gasteiger partial charge in [0.05, 0.1) is 6.10 Å². The van der Waals surface area contributed by atoms with Crippen LogP contribution in [-0.4, -0.2) is 52.3 Å². The van der Waals surface area contributed by atoms with Crippen LogP contribution >= 0.6 is 0 Å². The maximum atomic E-state index is 11.2. The van der Waals surface area contributed by atoms with E-state index >= 15 is 0 Å². The molecule has 88 valence electrons. The van der Waals surface area contributed by atoms with Crippen LogP contribution in [0.25, 0.3) is 0 Å². The van der Waals surface area contributed by atoms with Crippen LogP contribution in [-0.2, 0) is 9.53 Å². The molecule has 2 atom stereocenters. The highest BCUT2D eigenvalue weighted by molar-refractivity contribution is 5.72. The van der Waals surface area contributed by atoms with Crippen molar-refractivity contribution in [1.82, 2.24) is 20.1 Å². The fourth-order valence-corrected chi connectivity index (χ4v) is 1.93. The number of amides is 1. The Labute approximate surface area is 94.0 Å². The number of rotatable bonds is 3. The van der Waals surface area contributed by atoms with E-state index in [9.17, 15) is 4.79 Å². The van der Waals surface area contributed by atoms with Crippen molar-refractivity contribution in [3.63, 3.8) is 0 Å². The summed E-state index contributed by atoms with van der Waals surface area (Å²) in [5.74, 6) is 1.11. The number of aromatic amines is 1. The first-order valence-electron chi connectivity index (χ1n) is 5.37. The van der Waals surface area contributed by atoms with Crippen LogP contribution in [0.2, 0.25) is 0 Å². The third-order valence-corrected chi connectivity index (χ3v) is 2.99. The molecule has 6 nitrogen and oxygen atoms in total. The molecule has 2 heterocycles. The molecule has 1 saturated heterocycles. The van der Waals surface area contributed by atoms with Gasteiger partial charge in [-0.25, -0.2) is 4.98 Å². The summed E-state index contributed by atoms with van der Waals surface area (Å²) in [6.07, 6.45) is 2.44. The van der Waals surface area contributed by atoms with Crippen molar-refractivity contribution < 1.29 is 9.53 Å². The smallest absolute Gasteiger partial charge is 0.219 e. The van der Waals surface area contributed by atoms with Crippen molar-refractivity contribution in [3.05, 3.63) is 12.2 Å². The Balaban J connectivity index is 2.01. The predicted molar refractivity (Wildman–Crippen MR) is 56.8 cm³/mol. The number of H-pyrrole nitrogens is 1. The van der Waals surface area contributed by atoms with E-state index in [1.165, 1.54) is 6.33 Å². The van der Waals surface area contributed by atoms with Crippen molar-refractivity contribution in [3.8, 4) is 0 Å². The zero-order valence-electron chi connectivity index (χ0n) is 9.51. The lowest BCUT2D eigenvalue weighted by Gasteiger charge is -2.22. The molecule has 16 heavy (non-hydrogen) atoms. The van der Waals surface area contributed by atoms with Gasteiger partial charge in [0.25, 0.3) is 0 Å². The van der Waals surface area contributed by atoms with Gasteiger partial charge in [-0.15, -0.1) is 0 Å². The topological polar surface area (TPSA) is 71.1 Å². The van der Waals surface area contributed by atoms with E-state index in [0.717, 1.165) is 12.2 Å². The zero-order chi connectivity index (χ0) is 11.5. The minimum atomic E-state index is 0.0156. The maximum absolute atomic E-state index is 11.2. The summed E-state index contributed by atoms with van der Waals surface area (Å²) < 4.78 is 5.63. The molecule has 1 aromatic heterocycles. The van der Waals surface area contributed by atoms with Crippen molar-refractivity contribution in [1.29, 1.82) is 0 Å². The first-order valence-corrected chi connectivity index (χ1v) is 5.37. The Morgan fingerprint density at radius 3 is 3.19 bits per heavy atom. The molecule has 1 aliphatic rings. The molecule has 1 amide bonds. The average molecular weight is 224 g/mol. The number of carbonyl (C=O) groups is 1. The number of ether oxygens (including phenoxy) is 1. The average Bonchev–Trinajstić information content (AvgIpc) is 2.85. The Morgan fingerprint density at radius 1 is 1.75 bits per heavy atom. The molecule has 2 rings (SSSR count). The van der Waals surface area contributed by atoms with Gasteiger partial charge < -0.3 is 9.64 Å². The van der Waals surface area contributed by atoms with Crippen LogP contribution < -0.4 is 0 Å². The van der Waals surface area contributed by atoms with Crippen LogP contribution in [0.4, 0.5) is 0 Å². The lowest BCUT2D eigenvalue weighted by Crippen LogP contribution is -2.35. The fourth-order valence-electron chi connectivity index (χ4n) is 1.93. The van der Waals surface area contributed by atoms with Gasteiger partial charge in [0.15, 0.2) is 0 Å². The molecule has 0 spiro atoms. The summed E-state index contributed by atoms with van der Waals surface area (Å²) in [5, 5.41) is 6.71. The van der Waals surface area contributed by atoms with E-state index in [1.54, 1.807) is 18.9 Å². The predicted octanol–water partition coefficient (Wildman–Crippen LogP) is 0.155. The molecule has 0 bridgehead atoms. The molecule has 1 N–H and O–H groups in total. The molecule has 1 fully saturated rings. The Morgan fingerprint density at radius 2 is 2.56 bits per heavy atom. The molecular formula is C10H16N4O2. The fraction of sp³-hybridized carbons (Fsp3) is 0.700. The molecule has 0 radical (unpaired) electrons. The van der Waals surface area contributed by atoms with E-state index < -0.39 is 0 Å². The van der Waals surface area contributed by atoms with Crippen molar-refractivity contribution in [2.45, 2.75) is 25.4 Å². The minimum Gasteiger partial charge on any atom is -0.376 e. The van der Waals surface area contributed by atoms with Crippen LogP contribution in [0.5, 0.6) is 0 Å². The lowest BCUT2D eigenvalue weighted by atomic mass is 10.0. The van der Waals surface area contributed by atoms with Crippen molar-refractivity contribution in [2.75, 3.05) is 20.2 Å². The van der Waals surface area contributed by atoms with Crippen LogP contribution in [0, 0.1) is 0 Å². The van der Waals surface area contributed by atoms with E-state index in [4.69, 9.17) is 4.74 Å². The van der Waals surface area contributed by atoms with Gasteiger partial charge in [0, 0.05) is 33.0 Å². The second-order valence-corrected chi connectivity index (χ2v) is 4.07. The summed E-state index contributed by atoms with van der Waals surface area (Å²) in [5.41, 5.74) is 0. The van der Waals surface area contributed by atoms with Gasteiger partial charge in [-0.05, 0) is 6.42 Å².